The summed E-state index contributed by atoms with van der Waals surface area (Å²) in [5.41, 5.74) is 2.61. The Morgan fingerprint density at radius 1 is 1.21 bits per heavy atom. The van der Waals surface area contributed by atoms with Crippen LogP contribution in [0, 0.1) is 0 Å². The van der Waals surface area contributed by atoms with Gasteiger partial charge in [-0.3, -0.25) is 0 Å². The van der Waals surface area contributed by atoms with Gasteiger partial charge in [0.05, 0.1) is 11.7 Å². The molecule has 2 aromatic rings. The maximum absolute atomic E-state index is 4.87. The molecule has 0 saturated carbocycles. The van der Waals surface area contributed by atoms with Crippen molar-refractivity contribution in [2.75, 3.05) is 7.05 Å². The van der Waals surface area contributed by atoms with Crippen LogP contribution in [0.2, 0.25) is 0 Å². The normalized spacial score (nSPS) is 16.1. The van der Waals surface area contributed by atoms with Crippen LogP contribution in [0.4, 0.5) is 0 Å². The molecule has 0 fully saturated rings. The Morgan fingerprint density at radius 2 is 1.95 bits per heavy atom. The van der Waals surface area contributed by atoms with Crippen LogP contribution >= 0.6 is 27.3 Å². The van der Waals surface area contributed by atoms with E-state index in [2.05, 4.69) is 45.5 Å². The van der Waals surface area contributed by atoms with E-state index in [-0.39, 0.29) is 6.04 Å². The molecule has 3 rings (SSSR count). The lowest BCUT2D eigenvalue weighted by atomic mass is 10.0. The highest BCUT2D eigenvalue weighted by molar-refractivity contribution is 9.10. The predicted octanol–water partition coefficient (Wildman–Crippen LogP) is 4.09. The van der Waals surface area contributed by atoms with Gasteiger partial charge in [-0.05, 0) is 50.4 Å². The molecule has 1 atom stereocenters. The molecule has 1 N–H and O–H groups in total. The van der Waals surface area contributed by atoms with Gasteiger partial charge in [0.25, 0.3) is 0 Å². The average Bonchev–Trinajstić information content (AvgIpc) is 2.85. The number of benzene rings is 1. The molecule has 0 bridgehead atoms. The van der Waals surface area contributed by atoms with E-state index in [1.54, 1.807) is 0 Å². The molecule has 19 heavy (non-hydrogen) atoms. The van der Waals surface area contributed by atoms with Crippen molar-refractivity contribution in [3.8, 4) is 0 Å². The zero-order valence-corrected chi connectivity index (χ0v) is 13.4. The molecule has 1 unspecified atom stereocenters. The molecule has 0 spiro atoms. The summed E-state index contributed by atoms with van der Waals surface area (Å²) in [7, 11) is 2.01. The van der Waals surface area contributed by atoms with Gasteiger partial charge in [0, 0.05) is 9.35 Å². The largest absolute Gasteiger partial charge is 0.307 e. The van der Waals surface area contributed by atoms with Crippen molar-refractivity contribution in [3.63, 3.8) is 0 Å². The Morgan fingerprint density at radius 3 is 2.63 bits per heavy atom. The monoisotopic (exact) mass is 336 g/mol. The smallest absolute Gasteiger partial charge is 0.115 e. The Labute approximate surface area is 126 Å². The van der Waals surface area contributed by atoms with Crippen LogP contribution < -0.4 is 5.32 Å². The summed E-state index contributed by atoms with van der Waals surface area (Å²) >= 11 is 5.37. The van der Waals surface area contributed by atoms with Gasteiger partial charge < -0.3 is 5.32 Å². The number of aromatic nitrogens is 1. The fraction of sp³-hybridized carbons (Fsp3) is 0.400. The fourth-order valence-corrected chi connectivity index (χ4v) is 4.14. The number of halogens is 1. The predicted molar refractivity (Wildman–Crippen MR) is 83.8 cm³/mol. The second kappa shape index (κ2) is 5.73. The summed E-state index contributed by atoms with van der Waals surface area (Å²) in [4.78, 5) is 6.36. The maximum atomic E-state index is 4.87. The van der Waals surface area contributed by atoms with Gasteiger partial charge in [0.1, 0.15) is 5.01 Å². The molecule has 4 heteroatoms. The molecule has 0 aliphatic heterocycles. The van der Waals surface area contributed by atoms with E-state index >= 15 is 0 Å². The van der Waals surface area contributed by atoms with Crippen molar-refractivity contribution < 1.29 is 0 Å². The third-order valence-electron chi connectivity index (χ3n) is 3.60. The fourth-order valence-electron chi connectivity index (χ4n) is 2.58. The van der Waals surface area contributed by atoms with Crippen molar-refractivity contribution in [1.82, 2.24) is 10.3 Å². The second-order valence-electron chi connectivity index (χ2n) is 4.90. The van der Waals surface area contributed by atoms with Crippen molar-refractivity contribution in [2.24, 2.45) is 0 Å². The van der Waals surface area contributed by atoms with Crippen molar-refractivity contribution >= 4 is 27.3 Å². The lowest BCUT2D eigenvalue weighted by Gasteiger charge is -2.13. The number of nitrogens with one attached hydrogen (secondary N) is 1. The molecule has 0 saturated heterocycles. The van der Waals surface area contributed by atoms with Gasteiger partial charge in [-0.1, -0.05) is 28.1 Å². The number of aryl methyl sites for hydroxylation is 2. The number of nitrogens with zero attached hydrogens (tertiary/aromatic N) is 1. The van der Waals surface area contributed by atoms with E-state index in [1.807, 2.05) is 18.4 Å². The number of hydrogen-bond donors (Lipinski definition) is 1. The SMILES string of the molecule is CNC(c1ccc(Br)cc1)c1nc2c(s1)CCCC2. The lowest BCUT2D eigenvalue weighted by molar-refractivity contribution is 0.661. The molecule has 1 aromatic carbocycles. The van der Waals surface area contributed by atoms with Crippen molar-refractivity contribution in [3.05, 3.63) is 49.9 Å². The summed E-state index contributed by atoms with van der Waals surface area (Å²) in [6.07, 6.45) is 4.97. The summed E-state index contributed by atoms with van der Waals surface area (Å²) < 4.78 is 1.12. The Kier molecular flexibility index (Phi) is 4.01. The highest BCUT2D eigenvalue weighted by Gasteiger charge is 2.21. The minimum atomic E-state index is 0.212. The Bertz CT molecular complexity index is 539. The third kappa shape index (κ3) is 2.76. The molecular formula is C15H17BrN2S. The van der Waals surface area contributed by atoms with Gasteiger partial charge in [-0.2, -0.15) is 0 Å². The Hall–Kier alpha value is -0.710. The average molecular weight is 337 g/mol. The van der Waals surface area contributed by atoms with Crippen LogP contribution in [0.25, 0.3) is 0 Å². The number of thiazole rings is 1. The maximum Gasteiger partial charge on any atom is 0.115 e. The zero-order valence-electron chi connectivity index (χ0n) is 10.9. The van der Waals surface area contributed by atoms with Crippen LogP contribution in [-0.4, -0.2) is 12.0 Å². The third-order valence-corrected chi connectivity index (χ3v) is 5.35. The van der Waals surface area contributed by atoms with Gasteiger partial charge in [0.15, 0.2) is 0 Å². The minimum absolute atomic E-state index is 0.212. The molecule has 0 amide bonds. The highest BCUT2D eigenvalue weighted by Crippen LogP contribution is 2.32. The summed E-state index contributed by atoms with van der Waals surface area (Å²) in [5, 5.41) is 4.60. The summed E-state index contributed by atoms with van der Waals surface area (Å²) in [6, 6.07) is 8.71. The zero-order chi connectivity index (χ0) is 13.2. The molecule has 2 nitrogen and oxygen atoms in total. The molecule has 0 radical (unpaired) electrons. The van der Waals surface area contributed by atoms with Gasteiger partial charge in [-0.15, -0.1) is 11.3 Å². The molecule has 1 aliphatic rings. The highest BCUT2D eigenvalue weighted by atomic mass is 79.9. The molecule has 1 aromatic heterocycles. The summed E-state index contributed by atoms with van der Waals surface area (Å²) in [5.74, 6) is 0. The van der Waals surface area contributed by atoms with Gasteiger partial charge in [-0.25, -0.2) is 4.98 Å². The quantitative estimate of drug-likeness (QED) is 0.912. The second-order valence-corrected chi connectivity index (χ2v) is 6.93. The topological polar surface area (TPSA) is 24.9 Å². The van der Waals surface area contributed by atoms with E-state index in [1.165, 1.54) is 40.4 Å². The van der Waals surface area contributed by atoms with Crippen molar-refractivity contribution in [2.45, 2.75) is 31.7 Å². The van der Waals surface area contributed by atoms with Crippen LogP contribution in [0.3, 0.4) is 0 Å². The first-order valence-electron chi connectivity index (χ1n) is 6.69. The molecule has 100 valence electrons. The van der Waals surface area contributed by atoms with Crippen LogP contribution in [-0.2, 0) is 12.8 Å². The van der Waals surface area contributed by atoms with Gasteiger partial charge >= 0.3 is 0 Å². The first-order valence-corrected chi connectivity index (χ1v) is 8.30. The Balaban J connectivity index is 1.93. The van der Waals surface area contributed by atoms with E-state index in [0.717, 1.165) is 10.9 Å². The number of hydrogen-bond acceptors (Lipinski definition) is 3. The van der Waals surface area contributed by atoms with E-state index in [4.69, 9.17) is 4.98 Å². The molecular weight excluding hydrogens is 320 g/mol. The molecule has 1 heterocycles. The van der Waals surface area contributed by atoms with E-state index in [0.29, 0.717) is 0 Å². The van der Waals surface area contributed by atoms with E-state index < -0.39 is 0 Å². The van der Waals surface area contributed by atoms with Gasteiger partial charge in [0.2, 0.25) is 0 Å². The molecule has 1 aliphatic carbocycles. The number of rotatable bonds is 3. The first kappa shape index (κ1) is 13.3. The number of fused-ring (bicyclic) bond motifs is 1. The lowest BCUT2D eigenvalue weighted by Crippen LogP contribution is -2.17. The van der Waals surface area contributed by atoms with Crippen LogP contribution in [0.15, 0.2) is 28.7 Å². The minimum Gasteiger partial charge on any atom is -0.307 e. The first-order chi connectivity index (χ1) is 9.28. The van der Waals surface area contributed by atoms with Crippen LogP contribution in [0.1, 0.15) is 40.0 Å². The standard InChI is InChI=1S/C15H17BrN2S/c1-17-14(10-6-8-11(16)9-7-10)15-18-12-4-2-3-5-13(12)19-15/h6-9,14,17H,2-5H2,1H3. The summed E-state index contributed by atoms with van der Waals surface area (Å²) in [6.45, 7) is 0. The van der Waals surface area contributed by atoms with E-state index in [9.17, 15) is 0 Å². The van der Waals surface area contributed by atoms with Crippen LogP contribution in [0.5, 0.6) is 0 Å². The van der Waals surface area contributed by atoms with Crippen molar-refractivity contribution in [1.29, 1.82) is 0 Å².